The van der Waals surface area contributed by atoms with Crippen LogP contribution in [-0.2, 0) is 16.1 Å². The molecule has 9 heteroatoms. The van der Waals surface area contributed by atoms with E-state index in [-0.39, 0.29) is 24.6 Å². The normalized spacial score (nSPS) is 21.5. The number of ether oxygens (including phenoxy) is 2. The third kappa shape index (κ3) is 6.47. The van der Waals surface area contributed by atoms with Crippen LogP contribution < -0.4 is 10.6 Å². The molecule has 3 rings (SSSR count). The van der Waals surface area contributed by atoms with E-state index in [1.165, 1.54) is 6.39 Å². The summed E-state index contributed by atoms with van der Waals surface area (Å²) in [5, 5.41) is 13.5. The zero-order chi connectivity index (χ0) is 21.6. The van der Waals surface area contributed by atoms with Crippen LogP contribution >= 0.6 is 0 Å². The van der Waals surface area contributed by atoms with E-state index < -0.39 is 17.8 Å². The maximum Gasteiger partial charge on any atom is 0.407 e. The van der Waals surface area contributed by atoms with Gasteiger partial charge >= 0.3 is 12.2 Å². The number of hydrogen-bond donors (Lipinski definition) is 2. The summed E-state index contributed by atoms with van der Waals surface area (Å²) in [5.41, 5.74) is 0.276. The Hall–Kier alpha value is -3.10. The molecule has 1 heterocycles. The van der Waals surface area contributed by atoms with Gasteiger partial charge in [0, 0.05) is 5.92 Å². The van der Waals surface area contributed by atoms with Crippen LogP contribution in [0, 0.1) is 0 Å². The largest absolute Gasteiger partial charge is 0.445 e. The molecule has 9 nitrogen and oxygen atoms in total. The molecular weight excluding hydrogens is 388 g/mol. The van der Waals surface area contributed by atoms with Gasteiger partial charge in [0.1, 0.15) is 12.2 Å². The topological polar surface area (TPSA) is 116 Å². The second kappa shape index (κ2) is 9.60. The summed E-state index contributed by atoms with van der Waals surface area (Å²) < 4.78 is 16.0. The summed E-state index contributed by atoms with van der Waals surface area (Å²) in [4.78, 5) is 24.7. The Bertz CT molecular complexity index is 820. The van der Waals surface area contributed by atoms with Gasteiger partial charge in [-0.2, -0.15) is 0 Å². The Morgan fingerprint density at radius 1 is 1.10 bits per heavy atom. The lowest BCUT2D eigenvalue weighted by Crippen LogP contribution is -2.55. The molecule has 1 fully saturated rings. The molecule has 0 spiro atoms. The van der Waals surface area contributed by atoms with Crippen LogP contribution in [0.3, 0.4) is 0 Å². The van der Waals surface area contributed by atoms with Gasteiger partial charge in [-0.25, -0.2) is 9.59 Å². The number of nitrogens with zero attached hydrogens (tertiary/aromatic N) is 2. The van der Waals surface area contributed by atoms with Crippen molar-refractivity contribution in [1.82, 2.24) is 20.8 Å². The number of hydrogen-bond acceptors (Lipinski definition) is 7. The summed E-state index contributed by atoms with van der Waals surface area (Å²) in [7, 11) is 0. The molecule has 162 valence electrons. The van der Waals surface area contributed by atoms with Crippen molar-refractivity contribution in [2.75, 3.05) is 0 Å². The van der Waals surface area contributed by atoms with Crippen molar-refractivity contribution in [3.8, 4) is 0 Å². The van der Waals surface area contributed by atoms with Gasteiger partial charge in [0.25, 0.3) is 0 Å². The summed E-state index contributed by atoms with van der Waals surface area (Å²) in [6.07, 6.45) is 2.10. The van der Waals surface area contributed by atoms with Crippen molar-refractivity contribution >= 4 is 12.2 Å². The molecular formula is C21H28N4O5. The summed E-state index contributed by atoms with van der Waals surface area (Å²) in [5.74, 6) is 0.516. The molecule has 3 unspecified atom stereocenters. The first-order valence-electron chi connectivity index (χ1n) is 10.0. The lowest BCUT2D eigenvalue weighted by molar-refractivity contribution is 0.0468. The number of carbonyl (C=O) groups excluding carboxylic acids is 2. The molecule has 1 aromatic carbocycles. The minimum atomic E-state index is -0.623. The molecule has 1 aromatic heterocycles. The van der Waals surface area contributed by atoms with Gasteiger partial charge in [-0.15, -0.1) is 10.2 Å². The van der Waals surface area contributed by atoms with Crippen LogP contribution in [0.5, 0.6) is 0 Å². The minimum absolute atomic E-state index is 0.00849. The standard InChI is InChI=1S/C21H28N4O5/c1-21(2,3)30-20(27)24-17-11-15(18-25-22-13-29-18)9-10-16(17)23-19(26)28-12-14-7-5-4-6-8-14/h4-8,13,15-17H,9-12H2,1-3H3,(H,23,26)(H,24,27). The fraction of sp³-hybridized carbons (Fsp3) is 0.524. The van der Waals surface area contributed by atoms with Gasteiger partial charge in [-0.05, 0) is 45.6 Å². The molecule has 1 aliphatic carbocycles. The fourth-order valence-electron chi connectivity index (χ4n) is 3.46. The molecule has 1 aliphatic rings. The predicted octanol–water partition coefficient (Wildman–Crippen LogP) is 3.53. The van der Waals surface area contributed by atoms with Gasteiger partial charge in [0.15, 0.2) is 0 Å². The maximum atomic E-state index is 12.3. The van der Waals surface area contributed by atoms with Crippen LogP contribution in [0.25, 0.3) is 0 Å². The van der Waals surface area contributed by atoms with Gasteiger partial charge in [0.2, 0.25) is 12.3 Å². The van der Waals surface area contributed by atoms with E-state index >= 15 is 0 Å². The molecule has 0 aliphatic heterocycles. The zero-order valence-corrected chi connectivity index (χ0v) is 17.5. The van der Waals surface area contributed by atoms with E-state index in [0.29, 0.717) is 18.7 Å². The van der Waals surface area contributed by atoms with E-state index in [4.69, 9.17) is 13.9 Å². The summed E-state index contributed by atoms with van der Waals surface area (Å²) in [6.45, 7) is 5.57. The van der Waals surface area contributed by atoms with Crippen molar-refractivity contribution in [3.63, 3.8) is 0 Å². The molecule has 2 N–H and O–H groups in total. The molecule has 3 atom stereocenters. The van der Waals surface area contributed by atoms with Crippen molar-refractivity contribution in [2.45, 2.75) is 70.2 Å². The Morgan fingerprint density at radius 2 is 1.83 bits per heavy atom. The van der Waals surface area contributed by atoms with Crippen molar-refractivity contribution in [1.29, 1.82) is 0 Å². The van der Waals surface area contributed by atoms with Gasteiger partial charge < -0.3 is 24.5 Å². The average molecular weight is 416 g/mol. The summed E-state index contributed by atoms with van der Waals surface area (Å²) >= 11 is 0. The second-order valence-electron chi connectivity index (χ2n) is 8.35. The lowest BCUT2D eigenvalue weighted by atomic mass is 9.82. The van der Waals surface area contributed by atoms with Crippen molar-refractivity contribution in [3.05, 3.63) is 48.2 Å². The number of amides is 2. The highest BCUT2D eigenvalue weighted by Gasteiger charge is 2.36. The van der Waals surface area contributed by atoms with Crippen LogP contribution in [0.4, 0.5) is 9.59 Å². The molecule has 2 amide bonds. The first-order chi connectivity index (χ1) is 14.3. The molecule has 1 saturated carbocycles. The second-order valence-corrected chi connectivity index (χ2v) is 8.35. The Kier molecular flexibility index (Phi) is 6.91. The highest BCUT2D eigenvalue weighted by atomic mass is 16.6. The van der Waals surface area contributed by atoms with E-state index in [0.717, 1.165) is 12.0 Å². The molecule has 0 saturated heterocycles. The number of alkyl carbamates (subject to hydrolysis) is 2. The first-order valence-corrected chi connectivity index (χ1v) is 10.0. The average Bonchev–Trinajstić information content (AvgIpc) is 3.22. The van der Waals surface area contributed by atoms with E-state index in [9.17, 15) is 9.59 Å². The van der Waals surface area contributed by atoms with Crippen LogP contribution in [0.15, 0.2) is 41.1 Å². The van der Waals surface area contributed by atoms with Crippen LogP contribution in [0.2, 0.25) is 0 Å². The third-order valence-corrected chi connectivity index (χ3v) is 4.79. The first kappa shape index (κ1) is 21.6. The van der Waals surface area contributed by atoms with Crippen LogP contribution in [0.1, 0.15) is 57.4 Å². The predicted molar refractivity (Wildman–Crippen MR) is 108 cm³/mol. The fourth-order valence-corrected chi connectivity index (χ4v) is 3.46. The van der Waals surface area contributed by atoms with E-state index in [2.05, 4.69) is 20.8 Å². The monoisotopic (exact) mass is 416 g/mol. The van der Waals surface area contributed by atoms with Crippen molar-refractivity contribution < 1.29 is 23.5 Å². The molecule has 0 radical (unpaired) electrons. The van der Waals surface area contributed by atoms with Crippen molar-refractivity contribution in [2.24, 2.45) is 0 Å². The van der Waals surface area contributed by atoms with Crippen LogP contribution in [-0.4, -0.2) is 40.1 Å². The SMILES string of the molecule is CC(C)(C)OC(=O)NC1CC(c2nnco2)CCC1NC(=O)OCc1ccccc1. The van der Waals surface area contributed by atoms with Gasteiger partial charge in [0.05, 0.1) is 12.1 Å². The summed E-state index contributed by atoms with van der Waals surface area (Å²) in [6, 6.07) is 8.77. The highest BCUT2D eigenvalue weighted by molar-refractivity contribution is 5.70. The number of rotatable bonds is 5. The molecule has 2 aromatic rings. The quantitative estimate of drug-likeness (QED) is 0.766. The smallest absolute Gasteiger partial charge is 0.407 e. The number of aromatic nitrogens is 2. The molecule has 0 bridgehead atoms. The van der Waals surface area contributed by atoms with E-state index in [1.54, 1.807) is 20.8 Å². The van der Waals surface area contributed by atoms with Gasteiger partial charge in [-0.1, -0.05) is 30.3 Å². The number of nitrogens with one attached hydrogen (secondary N) is 2. The zero-order valence-electron chi connectivity index (χ0n) is 17.5. The van der Waals surface area contributed by atoms with E-state index in [1.807, 2.05) is 30.3 Å². The number of carbonyl (C=O) groups is 2. The Labute approximate surface area is 175 Å². The van der Waals surface area contributed by atoms with Gasteiger partial charge in [-0.3, -0.25) is 0 Å². The third-order valence-electron chi connectivity index (χ3n) is 4.79. The Balaban J connectivity index is 1.61. The lowest BCUT2D eigenvalue weighted by Gasteiger charge is -2.35. The molecule has 30 heavy (non-hydrogen) atoms. The maximum absolute atomic E-state index is 12.3. The Morgan fingerprint density at radius 3 is 2.50 bits per heavy atom. The highest BCUT2D eigenvalue weighted by Crippen LogP contribution is 2.32. The number of benzene rings is 1. The minimum Gasteiger partial charge on any atom is -0.445 e.